The van der Waals surface area contributed by atoms with Crippen LogP contribution >= 0.6 is 0 Å². The van der Waals surface area contributed by atoms with Crippen molar-refractivity contribution in [3.8, 4) is 28.6 Å². The minimum absolute atomic E-state index is 0.0131. The lowest BCUT2D eigenvalue weighted by molar-refractivity contribution is -0.189. The number of phenols is 3. The molecule has 152 valence electrons. The van der Waals surface area contributed by atoms with E-state index in [0.717, 1.165) is 12.1 Å². The van der Waals surface area contributed by atoms with Crippen molar-refractivity contribution in [1.29, 1.82) is 0 Å². The molecule has 2 heterocycles. The van der Waals surface area contributed by atoms with Gasteiger partial charge in [0, 0.05) is 17.7 Å². The zero-order chi connectivity index (χ0) is 20.9. The van der Waals surface area contributed by atoms with Crippen LogP contribution in [0.2, 0.25) is 0 Å². The lowest BCUT2D eigenvalue weighted by Gasteiger charge is -2.35. The van der Waals surface area contributed by atoms with Crippen molar-refractivity contribution in [3.63, 3.8) is 0 Å². The van der Waals surface area contributed by atoms with Crippen molar-refractivity contribution >= 4 is 11.0 Å². The Balaban J connectivity index is 1.97. The van der Waals surface area contributed by atoms with Gasteiger partial charge in [-0.1, -0.05) is 0 Å². The lowest BCUT2D eigenvalue weighted by Crippen LogP contribution is -2.49. The number of phenolic OH excluding ortho intramolecular Hbond substituents is 3. The fourth-order valence-electron chi connectivity index (χ4n) is 3.42. The molecule has 1 aromatic heterocycles. The van der Waals surface area contributed by atoms with E-state index in [4.69, 9.17) is 9.15 Å². The van der Waals surface area contributed by atoms with Gasteiger partial charge in [0.1, 0.15) is 52.8 Å². The van der Waals surface area contributed by atoms with E-state index in [0.29, 0.717) is 5.56 Å². The van der Waals surface area contributed by atoms with Gasteiger partial charge in [-0.2, -0.15) is 0 Å². The number of hydrogen-bond acceptors (Lipinski definition) is 9. The molecule has 1 aliphatic heterocycles. The van der Waals surface area contributed by atoms with Crippen molar-refractivity contribution in [1.82, 2.24) is 0 Å². The fourth-order valence-corrected chi connectivity index (χ4v) is 3.42. The summed E-state index contributed by atoms with van der Waals surface area (Å²) in [6.07, 6.45) is -5.83. The molecule has 0 bridgehead atoms. The van der Waals surface area contributed by atoms with Crippen LogP contribution in [0.4, 0.5) is 0 Å². The van der Waals surface area contributed by atoms with Crippen molar-refractivity contribution < 1.29 is 39.8 Å². The molecule has 1 aliphatic rings. The van der Waals surface area contributed by atoms with Crippen molar-refractivity contribution in [2.24, 2.45) is 0 Å². The molecule has 4 rings (SSSR count). The number of aromatic hydroxyl groups is 3. The Morgan fingerprint density at radius 2 is 1.59 bits per heavy atom. The molecule has 9 heteroatoms. The van der Waals surface area contributed by atoms with Crippen molar-refractivity contribution in [3.05, 3.63) is 52.2 Å². The van der Waals surface area contributed by atoms with Gasteiger partial charge in [-0.15, -0.1) is 0 Å². The molecule has 0 radical (unpaired) electrons. The molecule has 0 amide bonds. The summed E-state index contributed by atoms with van der Waals surface area (Å²) in [5.74, 6) is -0.953. The number of aliphatic hydroxyl groups is 3. The second kappa shape index (κ2) is 7.05. The van der Waals surface area contributed by atoms with Gasteiger partial charge in [-0.25, -0.2) is 0 Å². The van der Waals surface area contributed by atoms with E-state index in [1.807, 2.05) is 0 Å². The smallest absolute Gasteiger partial charge is 0.197 e. The first-order valence-electron chi connectivity index (χ1n) is 8.76. The lowest BCUT2D eigenvalue weighted by atomic mass is 9.92. The van der Waals surface area contributed by atoms with Crippen molar-refractivity contribution in [2.75, 3.05) is 6.61 Å². The highest BCUT2D eigenvalue weighted by molar-refractivity contribution is 5.89. The molecule has 1 saturated heterocycles. The first-order chi connectivity index (χ1) is 13.8. The highest BCUT2D eigenvalue weighted by Crippen LogP contribution is 2.42. The molecule has 29 heavy (non-hydrogen) atoms. The average Bonchev–Trinajstić information content (AvgIpc) is 2.67. The molecule has 4 atom stereocenters. The zero-order valence-electron chi connectivity index (χ0n) is 14.9. The van der Waals surface area contributed by atoms with Crippen LogP contribution in [0.5, 0.6) is 17.2 Å². The Morgan fingerprint density at radius 1 is 0.897 bits per heavy atom. The summed E-state index contributed by atoms with van der Waals surface area (Å²) in [4.78, 5) is 12.7. The highest BCUT2D eigenvalue weighted by Gasteiger charge is 2.41. The number of fused-ring (bicyclic) bond motifs is 1. The van der Waals surface area contributed by atoms with Gasteiger partial charge in [0.2, 0.25) is 0 Å². The van der Waals surface area contributed by atoms with Gasteiger partial charge in [-0.05, 0) is 24.3 Å². The topological polar surface area (TPSA) is 161 Å². The van der Waals surface area contributed by atoms with Crippen molar-refractivity contribution in [2.45, 2.75) is 24.4 Å². The number of ether oxygens (including phenoxy) is 1. The quantitative estimate of drug-likeness (QED) is 0.363. The van der Waals surface area contributed by atoms with Gasteiger partial charge in [-0.3, -0.25) is 4.79 Å². The second-order valence-corrected chi connectivity index (χ2v) is 6.86. The maximum atomic E-state index is 12.7. The van der Waals surface area contributed by atoms with E-state index in [2.05, 4.69) is 0 Å². The molecule has 1 fully saturated rings. The monoisotopic (exact) mass is 402 g/mol. The Labute approximate surface area is 163 Å². The van der Waals surface area contributed by atoms with E-state index in [9.17, 15) is 35.4 Å². The van der Waals surface area contributed by atoms with Gasteiger partial charge < -0.3 is 39.8 Å². The van der Waals surface area contributed by atoms with Gasteiger partial charge in [0.15, 0.2) is 11.0 Å². The highest BCUT2D eigenvalue weighted by atomic mass is 16.5. The summed E-state index contributed by atoms with van der Waals surface area (Å²) in [6.45, 7) is -0.327. The molecular formula is C20H18O9. The first kappa shape index (κ1) is 19.2. The molecule has 0 saturated carbocycles. The van der Waals surface area contributed by atoms with Crippen LogP contribution in [-0.2, 0) is 4.74 Å². The van der Waals surface area contributed by atoms with Crippen LogP contribution in [0.3, 0.4) is 0 Å². The Bertz CT molecular complexity index is 1120. The third-order valence-electron chi connectivity index (χ3n) is 4.94. The van der Waals surface area contributed by atoms with E-state index in [-0.39, 0.29) is 34.6 Å². The molecule has 2 aromatic carbocycles. The molecule has 0 aliphatic carbocycles. The number of benzene rings is 2. The summed E-state index contributed by atoms with van der Waals surface area (Å²) >= 11 is 0. The van der Waals surface area contributed by atoms with Crippen LogP contribution in [0.25, 0.3) is 22.3 Å². The second-order valence-electron chi connectivity index (χ2n) is 6.86. The standard InChI is InChI=1S/C20H18O9/c21-9-3-1-8(2-4-9)14-6-12(24)15-10(22)5-11(23)16(19(15)29-14)20-18(27)17(26)13(25)7-28-20/h1-6,13,17-18,20-23,25-27H,7H2/t13-,17-,18?,20-/m0/s1. The maximum absolute atomic E-state index is 12.7. The minimum atomic E-state index is -1.62. The van der Waals surface area contributed by atoms with Crippen LogP contribution in [0, 0.1) is 0 Å². The van der Waals surface area contributed by atoms with Gasteiger partial charge in [0.05, 0.1) is 12.2 Å². The molecule has 3 aromatic rings. The van der Waals surface area contributed by atoms with Crippen LogP contribution in [0.1, 0.15) is 11.7 Å². The van der Waals surface area contributed by atoms with Crippen LogP contribution in [-0.4, -0.2) is 55.6 Å². The summed E-state index contributed by atoms with van der Waals surface area (Å²) in [5, 5.41) is 59.8. The average molecular weight is 402 g/mol. The predicted molar refractivity (Wildman–Crippen MR) is 99.6 cm³/mol. The van der Waals surface area contributed by atoms with Gasteiger partial charge >= 0.3 is 0 Å². The zero-order valence-corrected chi connectivity index (χ0v) is 14.9. The van der Waals surface area contributed by atoms with Crippen LogP contribution in [0.15, 0.2) is 45.6 Å². The van der Waals surface area contributed by atoms with E-state index >= 15 is 0 Å². The van der Waals surface area contributed by atoms with Crippen LogP contribution < -0.4 is 5.43 Å². The van der Waals surface area contributed by atoms with Gasteiger partial charge in [0.25, 0.3) is 0 Å². The minimum Gasteiger partial charge on any atom is -0.508 e. The van der Waals surface area contributed by atoms with E-state index in [1.54, 1.807) is 0 Å². The predicted octanol–water partition coefficient (Wildman–Crippen LogP) is 0.731. The Kier molecular flexibility index (Phi) is 4.67. The molecular weight excluding hydrogens is 384 g/mol. The first-order valence-corrected chi connectivity index (χ1v) is 8.76. The molecule has 0 spiro atoms. The SMILES string of the molecule is O=c1cc(-c2ccc(O)cc2)oc2c([C@@H]3OC[C@H](O)[C@H](O)C3O)c(O)cc(O)c12. The fraction of sp³-hybridized carbons (Fsp3) is 0.250. The summed E-state index contributed by atoms with van der Waals surface area (Å²) in [7, 11) is 0. The molecule has 6 N–H and O–H groups in total. The molecule has 1 unspecified atom stereocenters. The van der Waals surface area contributed by atoms with E-state index < -0.39 is 41.3 Å². The number of hydrogen-bond donors (Lipinski definition) is 6. The number of aliphatic hydroxyl groups excluding tert-OH is 3. The Morgan fingerprint density at radius 3 is 2.28 bits per heavy atom. The normalized spacial score (nSPS) is 24.7. The summed E-state index contributed by atoms with van der Waals surface area (Å²) < 4.78 is 11.2. The molecule has 9 nitrogen and oxygen atoms in total. The van der Waals surface area contributed by atoms with E-state index in [1.165, 1.54) is 24.3 Å². The third-order valence-corrected chi connectivity index (χ3v) is 4.94. The number of rotatable bonds is 2. The maximum Gasteiger partial charge on any atom is 0.197 e. The Hall–Kier alpha value is -3.11. The summed E-state index contributed by atoms with van der Waals surface area (Å²) in [6, 6.07) is 7.87. The third kappa shape index (κ3) is 3.19. The summed E-state index contributed by atoms with van der Waals surface area (Å²) in [5.41, 5.74) is -0.546. The largest absolute Gasteiger partial charge is 0.508 e.